The molecule has 0 aliphatic carbocycles. The molecule has 1 amide bonds. The van der Waals surface area contributed by atoms with Gasteiger partial charge in [0.15, 0.2) is 5.75 Å². The Bertz CT molecular complexity index is 545. The monoisotopic (exact) mass is 321 g/mol. The number of amides is 1. The highest BCUT2D eigenvalue weighted by molar-refractivity contribution is 9.10. The fourth-order valence-corrected chi connectivity index (χ4v) is 1.76. The third kappa shape index (κ3) is 4.63. The molecule has 98 valence electrons. The summed E-state index contributed by atoms with van der Waals surface area (Å²) in [6.07, 6.45) is -0.635. The molecular weight excluding hydrogens is 310 g/mol. The Kier molecular flexibility index (Phi) is 4.80. The third-order valence-corrected chi connectivity index (χ3v) is 2.75. The molecule has 4 nitrogen and oxygen atoms in total. The highest BCUT2D eigenvalue weighted by atomic mass is 79.9. The lowest BCUT2D eigenvalue weighted by Crippen LogP contribution is -2.27. The van der Waals surface area contributed by atoms with E-state index in [1.807, 2.05) is 36.4 Å². The third-order valence-electron chi connectivity index (χ3n) is 2.26. The lowest BCUT2D eigenvalue weighted by molar-refractivity contribution is 0.0947. The quantitative estimate of drug-likeness (QED) is 0.874. The van der Waals surface area contributed by atoms with E-state index in [1.54, 1.807) is 18.2 Å². The van der Waals surface area contributed by atoms with Crippen molar-refractivity contribution in [2.45, 2.75) is 6.61 Å². The standard InChI is InChI=1S/C14H12BrNO3/c15-12-7-4-8-13(9-12)19-16-14(17)18-10-11-5-2-1-3-6-11/h1-9H,10H2,(H,16,17). The van der Waals surface area contributed by atoms with Crippen LogP contribution in [0.15, 0.2) is 59.1 Å². The Labute approximate surface area is 119 Å². The Balaban J connectivity index is 1.76. The maximum absolute atomic E-state index is 11.4. The summed E-state index contributed by atoms with van der Waals surface area (Å²) in [6, 6.07) is 16.5. The van der Waals surface area contributed by atoms with Gasteiger partial charge in [-0.1, -0.05) is 52.3 Å². The first-order valence-electron chi connectivity index (χ1n) is 5.63. The summed E-state index contributed by atoms with van der Waals surface area (Å²) in [5.41, 5.74) is 3.13. The van der Waals surface area contributed by atoms with Gasteiger partial charge < -0.3 is 9.57 Å². The van der Waals surface area contributed by atoms with Gasteiger partial charge >= 0.3 is 6.09 Å². The Morgan fingerprint density at radius 1 is 1.11 bits per heavy atom. The predicted octanol–water partition coefficient (Wildman–Crippen LogP) is 3.67. The molecule has 2 aromatic rings. The Morgan fingerprint density at radius 2 is 1.89 bits per heavy atom. The molecule has 0 spiro atoms. The number of carbonyl (C=O) groups excluding carboxylic acids is 1. The number of nitrogens with one attached hydrogen (secondary N) is 1. The molecule has 2 aromatic carbocycles. The van der Waals surface area contributed by atoms with Crippen LogP contribution in [0.3, 0.4) is 0 Å². The minimum Gasteiger partial charge on any atom is -0.443 e. The van der Waals surface area contributed by atoms with Crippen molar-refractivity contribution in [3.8, 4) is 5.75 Å². The normalized spacial score (nSPS) is 9.74. The van der Waals surface area contributed by atoms with Crippen molar-refractivity contribution >= 4 is 22.0 Å². The van der Waals surface area contributed by atoms with Gasteiger partial charge in [0.05, 0.1) is 0 Å². The largest absolute Gasteiger partial charge is 0.443 e. The minimum atomic E-state index is -0.635. The maximum Gasteiger partial charge on any atom is 0.440 e. The Morgan fingerprint density at radius 3 is 2.63 bits per heavy atom. The van der Waals surface area contributed by atoms with Gasteiger partial charge in [0.1, 0.15) is 6.61 Å². The van der Waals surface area contributed by atoms with Gasteiger partial charge in [0.25, 0.3) is 0 Å². The van der Waals surface area contributed by atoms with Gasteiger partial charge in [-0.3, -0.25) is 0 Å². The number of benzene rings is 2. The SMILES string of the molecule is O=C(NOc1cccc(Br)c1)OCc1ccccc1. The van der Waals surface area contributed by atoms with E-state index >= 15 is 0 Å². The molecule has 0 atom stereocenters. The van der Waals surface area contributed by atoms with Crippen LogP contribution in [0.5, 0.6) is 5.75 Å². The zero-order chi connectivity index (χ0) is 13.5. The molecule has 19 heavy (non-hydrogen) atoms. The molecule has 5 heteroatoms. The van der Waals surface area contributed by atoms with Crippen LogP contribution in [0.2, 0.25) is 0 Å². The van der Waals surface area contributed by atoms with E-state index in [2.05, 4.69) is 21.4 Å². The predicted molar refractivity (Wildman–Crippen MR) is 74.5 cm³/mol. The second kappa shape index (κ2) is 6.80. The van der Waals surface area contributed by atoms with E-state index in [-0.39, 0.29) is 6.61 Å². The number of hydrogen-bond donors (Lipinski definition) is 1. The van der Waals surface area contributed by atoms with E-state index in [1.165, 1.54) is 0 Å². The average Bonchev–Trinajstić information content (AvgIpc) is 2.44. The van der Waals surface area contributed by atoms with Crippen molar-refractivity contribution in [1.29, 1.82) is 0 Å². The van der Waals surface area contributed by atoms with Crippen LogP contribution in [0.1, 0.15) is 5.56 Å². The van der Waals surface area contributed by atoms with E-state index in [0.29, 0.717) is 5.75 Å². The fraction of sp³-hybridized carbons (Fsp3) is 0.0714. The molecule has 0 unspecified atom stereocenters. The number of rotatable bonds is 4. The zero-order valence-electron chi connectivity index (χ0n) is 10.0. The molecule has 0 fully saturated rings. The molecular formula is C14H12BrNO3. The first-order chi connectivity index (χ1) is 9.24. The van der Waals surface area contributed by atoms with Crippen molar-refractivity contribution in [3.05, 3.63) is 64.6 Å². The molecule has 1 N–H and O–H groups in total. The first-order valence-corrected chi connectivity index (χ1v) is 6.42. The van der Waals surface area contributed by atoms with Crippen molar-refractivity contribution < 1.29 is 14.4 Å². The number of hydroxylamine groups is 1. The molecule has 0 heterocycles. The van der Waals surface area contributed by atoms with E-state index < -0.39 is 6.09 Å². The summed E-state index contributed by atoms with van der Waals surface area (Å²) >= 11 is 3.31. The van der Waals surface area contributed by atoms with Gasteiger partial charge in [0, 0.05) is 4.47 Å². The van der Waals surface area contributed by atoms with Crippen LogP contribution >= 0.6 is 15.9 Å². The molecule has 0 aliphatic heterocycles. The summed E-state index contributed by atoms with van der Waals surface area (Å²) in [4.78, 5) is 16.5. The molecule has 0 saturated carbocycles. The van der Waals surface area contributed by atoms with Crippen LogP contribution < -0.4 is 10.3 Å². The lowest BCUT2D eigenvalue weighted by Gasteiger charge is -2.08. The van der Waals surface area contributed by atoms with Crippen molar-refractivity contribution in [2.75, 3.05) is 0 Å². The van der Waals surface area contributed by atoms with Gasteiger partial charge in [-0.25, -0.2) is 4.79 Å². The molecule has 0 aliphatic rings. The van der Waals surface area contributed by atoms with Gasteiger partial charge in [-0.15, -0.1) is 0 Å². The fourth-order valence-electron chi connectivity index (χ4n) is 1.38. The maximum atomic E-state index is 11.4. The summed E-state index contributed by atoms with van der Waals surface area (Å²) in [5, 5.41) is 0. The number of halogens is 1. The summed E-state index contributed by atoms with van der Waals surface area (Å²) in [6.45, 7) is 0.203. The van der Waals surface area contributed by atoms with Gasteiger partial charge in [-0.05, 0) is 23.8 Å². The summed E-state index contributed by atoms with van der Waals surface area (Å²) in [5.74, 6) is 0.519. The smallest absolute Gasteiger partial charge is 0.440 e. The van der Waals surface area contributed by atoms with Gasteiger partial charge in [-0.2, -0.15) is 5.48 Å². The molecule has 2 rings (SSSR count). The van der Waals surface area contributed by atoms with Crippen molar-refractivity contribution in [2.24, 2.45) is 0 Å². The van der Waals surface area contributed by atoms with E-state index in [9.17, 15) is 4.79 Å². The van der Waals surface area contributed by atoms with Crippen molar-refractivity contribution in [3.63, 3.8) is 0 Å². The lowest BCUT2D eigenvalue weighted by atomic mass is 10.2. The Hall–Kier alpha value is -2.01. The molecule has 0 radical (unpaired) electrons. The molecule has 0 bridgehead atoms. The zero-order valence-corrected chi connectivity index (χ0v) is 11.6. The summed E-state index contributed by atoms with van der Waals surface area (Å²) in [7, 11) is 0. The van der Waals surface area contributed by atoms with E-state index in [0.717, 1.165) is 10.0 Å². The first kappa shape index (κ1) is 13.4. The highest BCUT2D eigenvalue weighted by Crippen LogP contribution is 2.16. The number of ether oxygens (including phenoxy) is 1. The van der Waals surface area contributed by atoms with Crippen molar-refractivity contribution in [1.82, 2.24) is 5.48 Å². The average molecular weight is 322 g/mol. The van der Waals surface area contributed by atoms with Crippen LogP contribution in [0.25, 0.3) is 0 Å². The number of hydrogen-bond acceptors (Lipinski definition) is 3. The van der Waals surface area contributed by atoms with Crippen LogP contribution in [-0.4, -0.2) is 6.09 Å². The number of carbonyl (C=O) groups is 1. The van der Waals surface area contributed by atoms with Gasteiger partial charge in [0.2, 0.25) is 0 Å². The van der Waals surface area contributed by atoms with Crippen LogP contribution in [0, 0.1) is 0 Å². The van der Waals surface area contributed by atoms with Crippen LogP contribution in [-0.2, 0) is 11.3 Å². The molecule has 0 aromatic heterocycles. The summed E-state index contributed by atoms with van der Waals surface area (Å²) < 4.78 is 5.86. The highest BCUT2D eigenvalue weighted by Gasteiger charge is 2.03. The minimum absolute atomic E-state index is 0.203. The second-order valence-corrected chi connectivity index (χ2v) is 4.64. The topological polar surface area (TPSA) is 47.6 Å². The second-order valence-electron chi connectivity index (χ2n) is 3.72. The van der Waals surface area contributed by atoms with Crippen LogP contribution in [0.4, 0.5) is 4.79 Å². The molecule has 0 saturated heterocycles. The van der Waals surface area contributed by atoms with E-state index in [4.69, 9.17) is 9.57 Å².